The van der Waals surface area contributed by atoms with Gasteiger partial charge in [-0.15, -0.1) is 0 Å². The van der Waals surface area contributed by atoms with E-state index in [2.05, 4.69) is 19.9 Å². The highest BCUT2D eigenvalue weighted by Crippen LogP contribution is 2.24. The van der Waals surface area contributed by atoms with Crippen LogP contribution in [0.5, 0.6) is 0 Å². The minimum absolute atomic E-state index is 0.141. The number of pyridine rings is 2. The van der Waals surface area contributed by atoms with Gasteiger partial charge >= 0.3 is 5.69 Å². The van der Waals surface area contributed by atoms with Crippen LogP contribution >= 0.6 is 0 Å². The van der Waals surface area contributed by atoms with Crippen LogP contribution in [0.3, 0.4) is 0 Å². The number of carbonyl (C=O) groups excluding carboxylic acids is 1. The van der Waals surface area contributed by atoms with Crippen LogP contribution in [0.15, 0.2) is 58.5 Å². The summed E-state index contributed by atoms with van der Waals surface area (Å²) in [4.78, 5) is 56.1. The van der Waals surface area contributed by atoms with Crippen LogP contribution in [0.1, 0.15) is 62.7 Å². The number of aromatic nitrogens is 5. The van der Waals surface area contributed by atoms with Crippen LogP contribution in [0.4, 0.5) is 5.82 Å². The van der Waals surface area contributed by atoms with Gasteiger partial charge in [0.25, 0.3) is 11.5 Å². The van der Waals surface area contributed by atoms with E-state index < -0.39 is 0 Å². The molecule has 5 heterocycles. The van der Waals surface area contributed by atoms with Crippen LogP contribution in [0.2, 0.25) is 0 Å². The molecule has 1 aliphatic heterocycles. The normalized spacial score (nSPS) is 14.0. The lowest BCUT2D eigenvalue weighted by atomic mass is 10.1. The Balaban J connectivity index is 1.47. The van der Waals surface area contributed by atoms with Gasteiger partial charge in [0.2, 0.25) is 0 Å². The second-order valence-electron chi connectivity index (χ2n) is 10.7. The Morgan fingerprint density at radius 2 is 1.80 bits per heavy atom. The first-order chi connectivity index (χ1) is 20.0. The first kappa shape index (κ1) is 28.5. The SMILES string of the molecule is CCCCn1c(=O)c2[nH]c(-c3ccc(N(CCN4CCCCC4)C(=O)c4cccnc4)nc3)cc2n(CCC)c1=O. The number of rotatable bonds is 11. The summed E-state index contributed by atoms with van der Waals surface area (Å²) in [6, 6.07) is 9.12. The quantitative estimate of drug-likeness (QED) is 0.295. The third kappa shape index (κ3) is 6.17. The number of nitrogens with zero attached hydrogens (tertiary/aromatic N) is 6. The molecule has 1 saturated heterocycles. The van der Waals surface area contributed by atoms with Gasteiger partial charge in [0.15, 0.2) is 0 Å². The van der Waals surface area contributed by atoms with Gasteiger partial charge in [0, 0.05) is 56.0 Å². The van der Waals surface area contributed by atoms with Crippen LogP contribution in [0, 0.1) is 0 Å². The maximum Gasteiger partial charge on any atom is 0.331 e. The minimum atomic E-state index is -0.299. The summed E-state index contributed by atoms with van der Waals surface area (Å²) in [5.41, 5.74) is 2.44. The number of aryl methyl sites for hydroxylation is 1. The number of fused-ring (bicyclic) bond motifs is 1. The average molecular weight is 558 g/mol. The number of aromatic amines is 1. The highest BCUT2D eigenvalue weighted by Gasteiger charge is 2.22. The van der Waals surface area contributed by atoms with Crippen molar-refractivity contribution in [2.75, 3.05) is 31.1 Å². The van der Waals surface area contributed by atoms with E-state index in [0.29, 0.717) is 47.7 Å². The molecule has 0 bridgehead atoms. The van der Waals surface area contributed by atoms with Crippen molar-refractivity contribution in [2.45, 2.75) is 65.5 Å². The number of piperidine rings is 1. The van der Waals surface area contributed by atoms with E-state index in [1.54, 1.807) is 40.2 Å². The van der Waals surface area contributed by atoms with E-state index in [0.717, 1.165) is 44.5 Å². The molecule has 1 N–H and O–H groups in total. The largest absolute Gasteiger partial charge is 0.349 e. The highest BCUT2D eigenvalue weighted by molar-refractivity contribution is 6.05. The van der Waals surface area contributed by atoms with Gasteiger partial charge in [-0.2, -0.15) is 0 Å². The van der Waals surface area contributed by atoms with Crippen LogP contribution in [-0.2, 0) is 13.1 Å². The Morgan fingerprint density at radius 1 is 0.976 bits per heavy atom. The van der Waals surface area contributed by atoms with Gasteiger partial charge in [-0.3, -0.25) is 28.6 Å². The molecule has 0 spiro atoms. The topological polar surface area (TPSA) is 109 Å². The van der Waals surface area contributed by atoms with Gasteiger partial charge in [-0.1, -0.05) is 26.7 Å². The van der Waals surface area contributed by atoms with Crippen molar-refractivity contribution in [3.8, 4) is 11.3 Å². The number of hydrogen-bond acceptors (Lipinski definition) is 6. The molecule has 5 rings (SSSR count). The molecule has 10 nitrogen and oxygen atoms in total. The van der Waals surface area contributed by atoms with Crippen LogP contribution in [0.25, 0.3) is 22.3 Å². The molecule has 1 aliphatic rings. The predicted octanol–water partition coefficient (Wildman–Crippen LogP) is 4.29. The average Bonchev–Trinajstić information content (AvgIpc) is 3.46. The molecule has 216 valence electrons. The summed E-state index contributed by atoms with van der Waals surface area (Å²) in [6.07, 6.45) is 11.0. The molecule has 1 amide bonds. The molecular formula is C31H39N7O3. The highest BCUT2D eigenvalue weighted by atomic mass is 16.2. The first-order valence-corrected chi connectivity index (χ1v) is 14.8. The number of unbranched alkanes of at least 4 members (excludes halogenated alkanes) is 1. The number of carbonyl (C=O) groups is 1. The van der Waals surface area contributed by atoms with Gasteiger partial charge in [-0.05, 0) is 69.1 Å². The third-order valence-corrected chi connectivity index (χ3v) is 7.77. The zero-order valence-electron chi connectivity index (χ0n) is 24.0. The number of likely N-dealkylation sites (tertiary alicyclic amines) is 1. The van der Waals surface area contributed by atoms with E-state index >= 15 is 0 Å². The first-order valence-electron chi connectivity index (χ1n) is 14.8. The number of H-pyrrole nitrogens is 1. The molecule has 4 aromatic heterocycles. The number of amides is 1. The van der Waals surface area contributed by atoms with E-state index in [1.165, 1.54) is 23.8 Å². The van der Waals surface area contributed by atoms with Gasteiger partial charge < -0.3 is 9.88 Å². The lowest BCUT2D eigenvalue weighted by Crippen LogP contribution is -2.41. The van der Waals surface area contributed by atoms with Crippen molar-refractivity contribution < 1.29 is 4.79 Å². The van der Waals surface area contributed by atoms with Crippen molar-refractivity contribution in [3.05, 3.63) is 75.3 Å². The van der Waals surface area contributed by atoms with E-state index in [4.69, 9.17) is 0 Å². The predicted molar refractivity (Wildman–Crippen MR) is 161 cm³/mol. The summed E-state index contributed by atoms with van der Waals surface area (Å²) in [6.45, 7) is 8.37. The fourth-order valence-electron chi connectivity index (χ4n) is 5.49. The Morgan fingerprint density at radius 3 is 2.49 bits per heavy atom. The maximum absolute atomic E-state index is 13.5. The molecule has 0 saturated carbocycles. The number of hydrogen-bond donors (Lipinski definition) is 1. The molecule has 0 unspecified atom stereocenters. The Hall–Kier alpha value is -4.05. The third-order valence-electron chi connectivity index (χ3n) is 7.77. The van der Waals surface area contributed by atoms with Crippen molar-refractivity contribution in [2.24, 2.45) is 0 Å². The molecule has 4 aromatic rings. The molecule has 0 atom stereocenters. The van der Waals surface area contributed by atoms with Crippen molar-refractivity contribution >= 4 is 22.8 Å². The Labute approximate surface area is 239 Å². The second-order valence-corrected chi connectivity index (χ2v) is 10.7. The summed E-state index contributed by atoms with van der Waals surface area (Å²) >= 11 is 0. The van der Waals surface area contributed by atoms with Crippen molar-refractivity contribution in [1.82, 2.24) is 29.0 Å². The molecule has 1 fully saturated rings. The van der Waals surface area contributed by atoms with E-state index in [-0.39, 0.29) is 17.2 Å². The minimum Gasteiger partial charge on any atom is -0.349 e. The van der Waals surface area contributed by atoms with Crippen LogP contribution in [-0.4, -0.2) is 61.1 Å². The maximum atomic E-state index is 13.5. The zero-order valence-corrected chi connectivity index (χ0v) is 24.0. The van der Waals surface area contributed by atoms with E-state index in [9.17, 15) is 14.4 Å². The summed E-state index contributed by atoms with van der Waals surface area (Å²) in [5, 5.41) is 0. The molecule has 41 heavy (non-hydrogen) atoms. The summed E-state index contributed by atoms with van der Waals surface area (Å²) in [7, 11) is 0. The van der Waals surface area contributed by atoms with Crippen LogP contribution < -0.4 is 16.1 Å². The lowest BCUT2D eigenvalue weighted by Gasteiger charge is -2.29. The smallest absolute Gasteiger partial charge is 0.331 e. The van der Waals surface area contributed by atoms with Crippen molar-refractivity contribution in [3.63, 3.8) is 0 Å². The zero-order chi connectivity index (χ0) is 28.8. The molecule has 0 aliphatic carbocycles. The van der Waals surface area contributed by atoms with Gasteiger partial charge in [0.1, 0.15) is 11.3 Å². The summed E-state index contributed by atoms with van der Waals surface area (Å²) in [5.74, 6) is 0.415. The lowest BCUT2D eigenvalue weighted by molar-refractivity contribution is 0.0981. The van der Waals surface area contributed by atoms with Gasteiger partial charge in [-0.25, -0.2) is 9.78 Å². The molecule has 0 radical (unpaired) electrons. The number of nitrogens with one attached hydrogen (secondary N) is 1. The second kappa shape index (κ2) is 13.1. The van der Waals surface area contributed by atoms with Crippen molar-refractivity contribution in [1.29, 1.82) is 0 Å². The van der Waals surface area contributed by atoms with Gasteiger partial charge in [0.05, 0.1) is 11.1 Å². The fourth-order valence-corrected chi connectivity index (χ4v) is 5.49. The Bertz CT molecular complexity index is 1580. The van der Waals surface area contributed by atoms with E-state index in [1.807, 2.05) is 32.0 Å². The monoisotopic (exact) mass is 557 g/mol. The Kier molecular flexibility index (Phi) is 9.08. The molecule has 10 heteroatoms. The molecular weight excluding hydrogens is 518 g/mol. The molecule has 0 aromatic carbocycles. The standard InChI is InChI=1S/C31H39N7O3/c1-3-5-17-38-30(40)28-26(36(14-4-2)31(38)41)20-25(34-28)23-11-12-27(33-22-23)37(19-18-35-15-7-6-8-16-35)29(39)24-10-9-13-32-21-24/h9-13,20-22,34H,3-8,14-19H2,1-2H3. The number of anilines is 1. The summed E-state index contributed by atoms with van der Waals surface area (Å²) < 4.78 is 3.02. The fraction of sp³-hybridized carbons (Fsp3) is 0.452.